The molecule has 0 atom stereocenters. The van der Waals surface area contributed by atoms with Gasteiger partial charge in [-0.3, -0.25) is 4.98 Å². The van der Waals surface area contributed by atoms with Gasteiger partial charge in [-0.05, 0) is 6.42 Å². The van der Waals surface area contributed by atoms with Crippen molar-refractivity contribution in [2.75, 3.05) is 19.5 Å². The molecule has 0 spiro atoms. The van der Waals surface area contributed by atoms with Gasteiger partial charge in [0.15, 0.2) is 0 Å². The van der Waals surface area contributed by atoms with Crippen molar-refractivity contribution < 1.29 is 4.74 Å². The maximum atomic E-state index is 5.54. The highest BCUT2D eigenvalue weighted by molar-refractivity contribution is 7.99. The lowest BCUT2D eigenvalue weighted by molar-refractivity contribution is 0.200. The molecule has 0 aliphatic rings. The van der Waals surface area contributed by atoms with Crippen molar-refractivity contribution >= 4 is 11.8 Å². The number of nitrogens with two attached hydrogens (primary N) is 1. The van der Waals surface area contributed by atoms with Crippen LogP contribution in [0.2, 0.25) is 0 Å². The fourth-order valence-corrected chi connectivity index (χ4v) is 1.88. The molecule has 0 unspecified atom stereocenters. The summed E-state index contributed by atoms with van der Waals surface area (Å²) >= 11 is 1.68. The molecule has 0 saturated carbocycles. The van der Waals surface area contributed by atoms with E-state index < -0.39 is 0 Å². The molecule has 2 N–H and O–H groups in total. The zero-order valence-corrected chi connectivity index (χ0v) is 9.09. The summed E-state index contributed by atoms with van der Waals surface area (Å²) in [5, 5.41) is 0.936. The van der Waals surface area contributed by atoms with Gasteiger partial charge in [-0.15, -0.1) is 11.8 Å². The molecule has 0 fully saturated rings. The molecule has 4 nitrogen and oxygen atoms in total. The van der Waals surface area contributed by atoms with Crippen molar-refractivity contribution in [1.82, 2.24) is 9.97 Å². The first-order valence-electron chi connectivity index (χ1n) is 4.50. The maximum absolute atomic E-state index is 5.54. The Morgan fingerprint density at radius 2 is 2.21 bits per heavy atom. The summed E-state index contributed by atoms with van der Waals surface area (Å²) in [6.45, 7) is 1.23. The fourth-order valence-electron chi connectivity index (χ4n) is 0.987. The third kappa shape index (κ3) is 3.61. The van der Waals surface area contributed by atoms with E-state index in [1.807, 2.05) is 0 Å². The Bertz CT molecular complexity index is 270. The highest BCUT2D eigenvalue weighted by Gasteiger charge is 2.02. The van der Waals surface area contributed by atoms with E-state index >= 15 is 0 Å². The van der Waals surface area contributed by atoms with E-state index in [1.54, 1.807) is 31.3 Å². The van der Waals surface area contributed by atoms with E-state index in [2.05, 4.69) is 9.97 Å². The molecular weight excluding hydrogens is 198 g/mol. The summed E-state index contributed by atoms with van der Waals surface area (Å²) in [4.78, 5) is 8.38. The third-order valence-electron chi connectivity index (χ3n) is 1.66. The van der Waals surface area contributed by atoms with Crippen molar-refractivity contribution in [3.05, 3.63) is 18.1 Å². The minimum Gasteiger partial charge on any atom is -0.385 e. The molecule has 0 radical (unpaired) electrons. The van der Waals surface area contributed by atoms with Crippen LogP contribution in [0.25, 0.3) is 0 Å². The summed E-state index contributed by atoms with van der Waals surface area (Å²) < 4.78 is 4.96. The van der Waals surface area contributed by atoms with Crippen LogP contribution < -0.4 is 5.73 Å². The number of methoxy groups -OCH3 is 1. The van der Waals surface area contributed by atoms with Crippen molar-refractivity contribution in [2.45, 2.75) is 18.0 Å². The molecule has 14 heavy (non-hydrogen) atoms. The van der Waals surface area contributed by atoms with Crippen LogP contribution in [0, 0.1) is 0 Å². The lowest BCUT2D eigenvalue weighted by Crippen LogP contribution is -2.03. The Labute approximate surface area is 88.3 Å². The first kappa shape index (κ1) is 11.4. The monoisotopic (exact) mass is 213 g/mol. The number of rotatable bonds is 6. The van der Waals surface area contributed by atoms with Crippen LogP contribution >= 0.6 is 11.8 Å². The first-order chi connectivity index (χ1) is 6.88. The number of aromatic nitrogens is 2. The number of nitrogens with zero attached hydrogens (tertiary/aromatic N) is 2. The summed E-state index contributed by atoms with van der Waals surface area (Å²) in [6, 6.07) is 0. The molecule has 0 saturated heterocycles. The highest BCUT2D eigenvalue weighted by Crippen LogP contribution is 2.18. The van der Waals surface area contributed by atoms with Crippen LogP contribution in [-0.2, 0) is 11.3 Å². The molecule has 5 heteroatoms. The van der Waals surface area contributed by atoms with Crippen LogP contribution in [0.1, 0.15) is 12.1 Å². The maximum Gasteiger partial charge on any atom is 0.119 e. The van der Waals surface area contributed by atoms with Gasteiger partial charge < -0.3 is 10.5 Å². The van der Waals surface area contributed by atoms with E-state index in [9.17, 15) is 0 Å². The number of hydrogen-bond acceptors (Lipinski definition) is 5. The molecule has 0 aromatic carbocycles. The van der Waals surface area contributed by atoms with Crippen LogP contribution in [0.15, 0.2) is 17.4 Å². The number of thioether (sulfide) groups is 1. The predicted molar refractivity (Wildman–Crippen MR) is 57.1 cm³/mol. The lowest BCUT2D eigenvalue weighted by Gasteiger charge is -2.04. The molecule has 0 aliphatic carbocycles. The zero-order valence-electron chi connectivity index (χ0n) is 8.27. The molecule has 1 rings (SSSR count). The molecule has 0 amide bonds. The normalized spacial score (nSPS) is 10.4. The minimum atomic E-state index is 0.445. The second kappa shape index (κ2) is 6.75. The van der Waals surface area contributed by atoms with Crippen LogP contribution in [0.4, 0.5) is 0 Å². The number of ether oxygens (including phenoxy) is 1. The van der Waals surface area contributed by atoms with Crippen LogP contribution in [-0.4, -0.2) is 29.4 Å². The zero-order chi connectivity index (χ0) is 10.2. The highest BCUT2D eigenvalue weighted by atomic mass is 32.2. The average Bonchev–Trinajstić information content (AvgIpc) is 2.25. The summed E-state index contributed by atoms with van der Waals surface area (Å²) in [6.07, 6.45) is 4.38. The van der Waals surface area contributed by atoms with Gasteiger partial charge in [0, 0.05) is 38.4 Å². The Kier molecular flexibility index (Phi) is 5.51. The summed E-state index contributed by atoms with van der Waals surface area (Å²) in [5.41, 5.74) is 6.41. The molecular formula is C9H15N3OS. The van der Waals surface area contributed by atoms with Gasteiger partial charge in [0.2, 0.25) is 0 Å². The van der Waals surface area contributed by atoms with E-state index in [-0.39, 0.29) is 0 Å². The Balaban J connectivity index is 2.41. The Morgan fingerprint density at radius 3 is 2.93 bits per heavy atom. The smallest absolute Gasteiger partial charge is 0.119 e. The first-order valence-corrected chi connectivity index (χ1v) is 5.48. The number of hydrogen-bond donors (Lipinski definition) is 1. The lowest BCUT2D eigenvalue weighted by atomic mass is 10.5. The molecule has 1 aromatic heterocycles. The van der Waals surface area contributed by atoms with E-state index in [4.69, 9.17) is 10.5 Å². The minimum absolute atomic E-state index is 0.445. The van der Waals surface area contributed by atoms with E-state index in [1.165, 1.54) is 0 Å². The molecule has 78 valence electrons. The summed E-state index contributed by atoms with van der Waals surface area (Å²) in [7, 11) is 1.71. The predicted octanol–water partition coefficient (Wildman–Crippen LogP) is 1.06. The fraction of sp³-hybridized carbons (Fsp3) is 0.556. The van der Waals surface area contributed by atoms with Crippen molar-refractivity contribution in [2.24, 2.45) is 5.73 Å². The van der Waals surface area contributed by atoms with Gasteiger partial charge in [-0.1, -0.05) is 0 Å². The largest absolute Gasteiger partial charge is 0.385 e. The molecule has 1 heterocycles. The Hall–Kier alpha value is -0.650. The second-order valence-corrected chi connectivity index (χ2v) is 3.79. The summed E-state index contributed by atoms with van der Waals surface area (Å²) in [5.74, 6) is 0.986. The quantitative estimate of drug-likeness (QED) is 0.565. The van der Waals surface area contributed by atoms with E-state index in [0.717, 1.165) is 29.5 Å². The van der Waals surface area contributed by atoms with Gasteiger partial charge in [-0.2, -0.15) is 0 Å². The van der Waals surface area contributed by atoms with Gasteiger partial charge in [-0.25, -0.2) is 4.98 Å². The molecule has 0 aliphatic heterocycles. The molecule has 0 bridgehead atoms. The van der Waals surface area contributed by atoms with Gasteiger partial charge >= 0.3 is 0 Å². The van der Waals surface area contributed by atoms with Crippen molar-refractivity contribution in [3.63, 3.8) is 0 Å². The molecule has 1 aromatic rings. The van der Waals surface area contributed by atoms with Crippen molar-refractivity contribution in [3.8, 4) is 0 Å². The van der Waals surface area contributed by atoms with Crippen molar-refractivity contribution in [1.29, 1.82) is 0 Å². The van der Waals surface area contributed by atoms with E-state index in [0.29, 0.717) is 6.54 Å². The topological polar surface area (TPSA) is 61.0 Å². The average molecular weight is 213 g/mol. The SMILES string of the molecule is COCCCSc1nccnc1CN. The van der Waals surface area contributed by atoms with Gasteiger partial charge in [0.25, 0.3) is 0 Å². The van der Waals surface area contributed by atoms with Crippen LogP contribution in [0.3, 0.4) is 0 Å². The standard InChI is InChI=1S/C9H15N3OS/c1-13-5-2-6-14-9-8(7-10)11-3-4-12-9/h3-4H,2,5-7,10H2,1H3. The van der Waals surface area contributed by atoms with Gasteiger partial charge in [0.1, 0.15) is 5.03 Å². The Morgan fingerprint density at radius 1 is 1.43 bits per heavy atom. The third-order valence-corrected chi connectivity index (χ3v) is 2.77. The second-order valence-electron chi connectivity index (χ2n) is 2.71. The van der Waals surface area contributed by atoms with Crippen LogP contribution in [0.5, 0.6) is 0 Å². The van der Waals surface area contributed by atoms with Gasteiger partial charge in [0.05, 0.1) is 5.69 Å².